The molecule has 4 nitrogen and oxygen atoms in total. The second kappa shape index (κ2) is 4.90. The third-order valence-electron chi connectivity index (χ3n) is 2.92. The lowest BCUT2D eigenvalue weighted by molar-refractivity contribution is 0.174. The van der Waals surface area contributed by atoms with Gasteiger partial charge in [0, 0.05) is 18.2 Å². The average Bonchev–Trinajstić information content (AvgIpc) is 2.84. The van der Waals surface area contributed by atoms with Gasteiger partial charge in [0.2, 0.25) is 6.79 Å². The molecular weight excluding hydrogens is 266 g/mol. The molecule has 0 spiro atoms. The van der Waals surface area contributed by atoms with Crippen LogP contribution in [-0.2, 0) is 6.54 Å². The van der Waals surface area contributed by atoms with Crippen molar-refractivity contribution in [2.75, 3.05) is 12.1 Å². The van der Waals surface area contributed by atoms with Gasteiger partial charge in [-0.1, -0.05) is 23.7 Å². The molecule has 1 heterocycles. The van der Waals surface area contributed by atoms with Gasteiger partial charge in [-0.05, 0) is 18.2 Å². The van der Waals surface area contributed by atoms with Crippen molar-refractivity contribution in [2.24, 2.45) is 0 Å². The predicted octanol–water partition coefficient (Wildman–Crippen LogP) is 3.39. The van der Waals surface area contributed by atoms with E-state index in [1.165, 1.54) is 0 Å². The first-order valence-corrected chi connectivity index (χ1v) is 6.22. The number of nitrogens with one attached hydrogen (secondary N) is 1. The van der Waals surface area contributed by atoms with Crippen LogP contribution in [-0.4, -0.2) is 11.9 Å². The lowest BCUT2D eigenvalue weighted by Gasteiger charge is -2.10. The minimum Gasteiger partial charge on any atom is -0.507 e. The third kappa shape index (κ3) is 2.39. The Bertz CT molecular complexity index is 616. The van der Waals surface area contributed by atoms with E-state index in [2.05, 4.69) is 5.32 Å². The molecule has 1 aliphatic rings. The number of halogens is 1. The van der Waals surface area contributed by atoms with Crippen molar-refractivity contribution in [1.29, 1.82) is 0 Å². The number of aromatic hydroxyl groups is 1. The quantitative estimate of drug-likeness (QED) is 0.903. The Balaban J connectivity index is 1.79. The van der Waals surface area contributed by atoms with Crippen LogP contribution in [0.5, 0.6) is 17.2 Å². The number of phenols is 1. The second-order valence-corrected chi connectivity index (χ2v) is 4.57. The summed E-state index contributed by atoms with van der Waals surface area (Å²) in [5, 5.41) is 13.7. The zero-order chi connectivity index (χ0) is 13.2. The Hall–Kier alpha value is -2.07. The molecule has 5 heteroatoms. The lowest BCUT2D eigenvalue weighted by atomic mass is 10.1. The van der Waals surface area contributed by atoms with Crippen molar-refractivity contribution in [3.8, 4) is 17.2 Å². The molecule has 3 rings (SSSR count). The van der Waals surface area contributed by atoms with Gasteiger partial charge in [0.15, 0.2) is 11.5 Å². The van der Waals surface area contributed by atoms with Gasteiger partial charge in [0.1, 0.15) is 5.75 Å². The molecule has 1 aliphatic heterocycles. The summed E-state index contributed by atoms with van der Waals surface area (Å²) in [7, 11) is 0. The van der Waals surface area contributed by atoms with Crippen LogP contribution in [0.4, 0.5) is 5.69 Å². The minimum atomic E-state index is 0.170. The van der Waals surface area contributed by atoms with Crippen molar-refractivity contribution in [3.05, 3.63) is 47.0 Å². The smallest absolute Gasteiger partial charge is 0.231 e. The lowest BCUT2D eigenvalue weighted by Crippen LogP contribution is -2.00. The van der Waals surface area contributed by atoms with Crippen LogP contribution >= 0.6 is 11.6 Å². The Morgan fingerprint density at radius 2 is 1.89 bits per heavy atom. The molecule has 0 amide bonds. The summed E-state index contributed by atoms with van der Waals surface area (Å²) in [6.45, 7) is 0.641. The zero-order valence-electron chi connectivity index (χ0n) is 10.0. The summed E-state index contributed by atoms with van der Waals surface area (Å²) in [6.07, 6.45) is 0. The van der Waals surface area contributed by atoms with Crippen LogP contribution < -0.4 is 14.8 Å². The minimum absolute atomic E-state index is 0.170. The van der Waals surface area contributed by atoms with Crippen LogP contribution in [0.25, 0.3) is 0 Å². The maximum atomic E-state index is 9.91. The monoisotopic (exact) mass is 277 g/mol. The van der Waals surface area contributed by atoms with Gasteiger partial charge in [-0.3, -0.25) is 0 Å². The van der Waals surface area contributed by atoms with Crippen molar-refractivity contribution in [2.45, 2.75) is 6.54 Å². The third-order valence-corrected chi connectivity index (χ3v) is 3.25. The van der Waals surface area contributed by atoms with E-state index in [1.807, 2.05) is 24.3 Å². The standard InChI is InChI=1S/C14H12ClNO3/c15-10-3-1-2-4-11(10)16-7-9-5-13-14(6-12(9)17)19-8-18-13/h1-6,16-17H,7-8H2. The molecule has 2 aromatic rings. The molecule has 0 atom stereocenters. The normalized spacial score (nSPS) is 12.5. The molecule has 98 valence electrons. The summed E-state index contributed by atoms with van der Waals surface area (Å²) < 4.78 is 10.5. The number of hydrogen-bond acceptors (Lipinski definition) is 4. The number of rotatable bonds is 3. The first-order valence-electron chi connectivity index (χ1n) is 5.84. The maximum absolute atomic E-state index is 9.91. The number of anilines is 1. The van der Waals surface area contributed by atoms with E-state index < -0.39 is 0 Å². The molecule has 0 fully saturated rings. The van der Waals surface area contributed by atoms with Crippen LogP contribution in [0, 0.1) is 0 Å². The molecular formula is C14H12ClNO3. The Morgan fingerprint density at radius 1 is 1.16 bits per heavy atom. The van der Waals surface area contributed by atoms with Crippen LogP contribution in [0.15, 0.2) is 36.4 Å². The van der Waals surface area contributed by atoms with Crippen molar-refractivity contribution in [3.63, 3.8) is 0 Å². The van der Waals surface area contributed by atoms with Gasteiger partial charge in [0.25, 0.3) is 0 Å². The highest BCUT2D eigenvalue weighted by molar-refractivity contribution is 6.33. The fourth-order valence-electron chi connectivity index (χ4n) is 1.91. The van der Waals surface area contributed by atoms with E-state index >= 15 is 0 Å². The predicted molar refractivity (Wildman–Crippen MR) is 73.0 cm³/mol. The van der Waals surface area contributed by atoms with Crippen molar-refractivity contribution >= 4 is 17.3 Å². The maximum Gasteiger partial charge on any atom is 0.231 e. The number of phenolic OH excluding ortho intramolecular Hbond substituents is 1. The van der Waals surface area contributed by atoms with E-state index in [4.69, 9.17) is 21.1 Å². The van der Waals surface area contributed by atoms with Crippen LogP contribution in [0.3, 0.4) is 0 Å². The fraction of sp³-hybridized carbons (Fsp3) is 0.143. The molecule has 2 aromatic carbocycles. The molecule has 0 radical (unpaired) electrons. The van der Waals surface area contributed by atoms with Gasteiger partial charge in [-0.25, -0.2) is 0 Å². The van der Waals surface area contributed by atoms with Gasteiger partial charge >= 0.3 is 0 Å². The van der Waals surface area contributed by atoms with Crippen molar-refractivity contribution in [1.82, 2.24) is 0 Å². The van der Waals surface area contributed by atoms with Gasteiger partial charge in [0.05, 0.1) is 10.7 Å². The number of ether oxygens (including phenoxy) is 2. The summed E-state index contributed by atoms with van der Waals surface area (Å²) in [5.41, 5.74) is 1.55. The van der Waals surface area contributed by atoms with E-state index in [-0.39, 0.29) is 12.5 Å². The molecule has 0 aromatic heterocycles. The second-order valence-electron chi connectivity index (χ2n) is 4.17. The summed E-state index contributed by atoms with van der Waals surface area (Å²) in [5.74, 6) is 1.39. The topological polar surface area (TPSA) is 50.7 Å². The number of hydrogen-bond donors (Lipinski definition) is 2. The van der Waals surface area contributed by atoms with Gasteiger partial charge in [-0.2, -0.15) is 0 Å². The molecule has 19 heavy (non-hydrogen) atoms. The fourth-order valence-corrected chi connectivity index (χ4v) is 2.11. The van der Waals surface area contributed by atoms with E-state index in [1.54, 1.807) is 12.1 Å². The Morgan fingerprint density at radius 3 is 2.68 bits per heavy atom. The van der Waals surface area contributed by atoms with Crippen molar-refractivity contribution < 1.29 is 14.6 Å². The highest BCUT2D eigenvalue weighted by Gasteiger charge is 2.16. The molecule has 0 unspecified atom stereocenters. The first kappa shape index (κ1) is 12.0. The highest BCUT2D eigenvalue weighted by Crippen LogP contribution is 2.37. The number of benzene rings is 2. The zero-order valence-corrected chi connectivity index (χ0v) is 10.8. The molecule has 0 bridgehead atoms. The molecule has 0 saturated heterocycles. The number of fused-ring (bicyclic) bond motifs is 1. The Kier molecular flexibility index (Phi) is 3.09. The van der Waals surface area contributed by atoms with Gasteiger partial charge < -0.3 is 19.9 Å². The largest absolute Gasteiger partial charge is 0.507 e. The van der Waals surface area contributed by atoms with E-state index in [0.29, 0.717) is 23.1 Å². The van der Waals surface area contributed by atoms with Crippen LogP contribution in [0.1, 0.15) is 5.56 Å². The molecule has 0 saturated carbocycles. The first-order chi connectivity index (χ1) is 9.24. The van der Waals surface area contributed by atoms with Gasteiger partial charge in [-0.15, -0.1) is 0 Å². The summed E-state index contributed by atoms with van der Waals surface area (Å²) >= 11 is 6.05. The Labute approximate surface area is 115 Å². The highest BCUT2D eigenvalue weighted by atomic mass is 35.5. The summed E-state index contributed by atoms with van der Waals surface area (Å²) in [6, 6.07) is 10.8. The van der Waals surface area contributed by atoms with Crippen LogP contribution in [0.2, 0.25) is 5.02 Å². The van der Waals surface area contributed by atoms with E-state index in [0.717, 1.165) is 11.3 Å². The SMILES string of the molecule is Oc1cc2c(cc1CNc1ccccc1Cl)OCO2. The molecule has 2 N–H and O–H groups in total. The van der Waals surface area contributed by atoms with E-state index in [9.17, 15) is 5.11 Å². The average molecular weight is 278 g/mol. The molecule has 0 aliphatic carbocycles. The number of para-hydroxylation sites is 1. The summed E-state index contributed by atoms with van der Waals surface area (Å²) in [4.78, 5) is 0.